The number of guanidine groups is 1. The second kappa shape index (κ2) is 10.1. The van der Waals surface area contributed by atoms with Gasteiger partial charge in [0.2, 0.25) is 0 Å². The van der Waals surface area contributed by atoms with Gasteiger partial charge in [-0.25, -0.2) is 0 Å². The molecule has 1 aromatic rings. The van der Waals surface area contributed by atoms with E-state index < -0.39 is 0 Å². The summed E-state index contributed by atoms with van der Waals surface area (Å²) >= 11 is 0. The van der Waals surface area contributed by atoms with Gasteiger partial charge in [-0.3, -0.25) is 4.99 Å². The zero-order valence-corrected chi connectivity index (χ0v) is 18.1. The third kappa shape index (κ3) is 6.24. The number of phenols is 1. The maximum atomic E-state index is 9.97. The Kier molecular flexibility index (Phi) is 8.82. The molecular weight excluding hydrogens is 429 g/mol. The Balaban J connectivity index is 0.00000312. The van der Waals surface area contributed by atoms with Crippen molar-refractivity contribution in [3.63, 3.8) is 0 Å². The first-order chi connectivity index (χ1) is 11.5. The lowest BCUT2D eigenvalue weighted by Gasteiger charge is -2.43. The Hall–Kier alpha value is -1.18. The summed E-state index contributed by atoms with van der Waals surface area (Å²) in [6.07, 6.45) is 5.18. The summed E-state index contributed by atoms with van der Waals surface area (Å²) in [6.45, 7) is 6.03. The number of hydrogen-bond donors (Lipinski definition) is 3. The number of rotatable bonds is 7. The van der Waals surface area contributed by atoms with Crippen LogP contribution >= 0.6 is 24.0 Å². The maximum absolute atomic E-state index is 9.97. The highest BCUT2D eigenvalue weighted by atomic mass is 127. The molecule has 1 fully saturated rings. The minimum atomic E-state index is 0. The van der Waals surface area contributed by atoms with Crippen LogP contribution in [0.2, 0.25) is 0 Å². The fourth-order valence-electron chi connectivity index (χ4n) is 3.50. The molecule has 0 atom stereocenters. The molecule has 0 unspecified atom stereocenters. The van der Waals surface area contributed by atoms with Crippen LogP contribution in [0, 0.1) is 11.3 Å². The van der Waals surface area contributed by atoms with E-state index in [0.29, 0.717) is 12.0 Å². The van der Waals surface area contributed by atoms with Gasteiger partial charge in [0.15, 0.2) is 5.96 Å². The van der Waals surface area contributed by atoms with Crippen molar-refractivity contribution >= 4 is 29.9 Å². The SMILES string of the molecule is CN=C(NCc1cc(OC)ccc1O)NCC1(CC(C)C)CCC1.I. The third-order valence-corrected chi connectivity index (χ3v) is 4.84. The van der Waals surface area contributed by atoms with Crippen LogP contribution in [0.25, 0.3) is 0 Å². The molecule has 0 spiro atoms. The van der Waals surface area contributed by atoms with Crippen LogP contribution in [-0.4, -0.2) is 31.8 Å². The molecule has 142 valence electrons. The van der Waals surface area contributed by atoms with Gasteiger partial charge in [-0.1, -0.05) is 20.3 Å². The summed E-state index contributed by atoms with van der Waals surface area (Å²) in [5.41, 5.74) is 1.21. The first-order valence-corrected chi connectivity index (χ1v) is 8.78. The fourth-order valence-corrected chi connectivity index (χ4v) is 3.50. The van der Waals surface area contributed by atoms with Crippen LogP contribution in [0.1, 0.15) is 45.1 Å². The van der Waals surface area contributed by atoms with Crippen molar-refractivity contribution in [2.24, 2.45) is 16.3 Å². The zero-order chi connectivity index (χ0) is 17.6. The van der Waals surface area contributed by atoms with Gasteiger partial charge in [-0.2, -0.15) is 0 Å². The Bertz CT molecular complexity index is 572. The molecular formula is C19H32IN3O2. The summed E-state index contributed by atoms with van der Waals surface area (Å²) in [7, 11) is 3.40. The number of hydrogen-bond acceptors (Lipinski definition) is 3. The minimum Gasteiger partial charge on any atom is -0.508 e. The van der Waals surface area contributed by atoms with E-state index in [-0.39, 0.29) is 29.7 Å². The van der Waals surface area contributed by atoms with Crippen LogP contribution in [-0.2, 0) is 6.54 Å². The molecule has 3 N–H and O–H groups in total. The van der Waals surface area contributed by atoms with E-state index in [4.69, 9.17) is 4.74 Å². The minimum absolute atomic E-state index is 0. The quantitative estimate of drug-likeness (QED) is 0.328. The molecule has 0 aliphatic heterocycles. The Morgan fingerprint density at radius 2 is 2.04 bits per heavy atom. The van der Waals surface area contributed by atoms with E-state index in [1.54, 1.807) is 26.3 Å². The second-order valence-corrected chi connectivity index (χ2v) is 7.23. The van der Waals surface area contributed by atoms with Gasteiger partial charge in [0.1, 0.15) is 11.5 Å². The largest absolute Gasteiger partial charge is 0.508 e. The lowest BCUT2D eigenvalue weighted by molar-refractivity contribution is 0.104. The Morgan fingerprint density at radius 3 is 2.56 bits per heavy atom. The van der Waals surface area contributed by atoms with Crippen LogP contribution in [0.15, 0.2) is 23.2 Å². The average Bonchev–Trinajstić information content (AvgIpc) is 2.53. The van der Waals surface area contributed by atoms with E-state index in [1.165, 1.54) is 25.7 Å². The molecule has 1 aromatic carbocycles. The average molecular weight is 461 g/mol. The monoisotopic (exact) mass is 461 g/mol. The lowest BCUT2D eigenvalue weighted by atomic mass is 9.64. The number of methoxy groups -OCH3 is 1. The summed E-state index contributed by atoms with van der Waals surface area (Å²) in [5.74, 6) is 2.48. The van der Waals surface area contributed by atoms with Gasteiger partial charge in [0, 0.05) is 25.7 Å². The van der Waals surface area contributed by atoms with Crippen molar-refractivity contribution in [2.45, 2.75) is 46.1 Å². The van der Waals surface area contributed by atoms with Crippen molar-refractivity contribution in [1.82, 2.24) is 10.6 Å². The third-order valence-electron chi connectivity index (χ3n) is 4.84. The number of halogens is 1. The number of phenolic OH excluding ortho intramolecular Hbond substituents is 1. The summed E-state index contributed by atoms with van der Waals surface area (Å²) in [5, 5.41) is 16.7. The predicted octanol–water partition coefficient (Wildman–Crippen LogP) is 3.90. The van der Waals surface area contributed by atoms with Crippen molar-refractivity contribution in [1.29, 1.82) is 0 Å². The highest BCUT2D eigenvalue weighted by molar-refractivity contribution is 14.0. The molecule has 5 nitrogen and oxygen atoms in total. The highest BCUT2D eigenvalue weighted by Gasteiger charge is 2.37. The number of aliphatic imine (C=N–C) groups is 1. The van der Waals surface area contributed by atoms with Crippen LogP contribution < -0.4 is 15.4 Å². The maximum Gasteiger partial charge on any atom is 0.191 e. The van der Waals surface area contributed by atoms with Crippen LogP contribution in [0.4, 0.5) is 0 Å². The summed E-state index contributed by atoms with van der Waals surface area (Å²) in [6, 6.07) is 5.23. The molecule has 0 saturated heterocycles. The first-order valence-electron chi connectivity index (χ1n) is 8.78. The molecule has 0 heterocycles. The zero-order valence-electron chi connectivity index (χ0n) is 15.8. The summed E-state index contributed by atoms with van der Waals surface area (Å²) in [4.78, 5) is 4.30. The van der Waals surface area contributed by atoms with Gasteiger partial charge < -0.3 is 20.5 Å². The van der Waals surface area contributed by atoms with Gasteiger partial charge in [-0.05, 0) is 48.8 Å². The Labute approximate surface area is 168 Å². The van der Waals surface area contributed by atoms with Crippen molar-refractivity contribution in [3.8, 4) is 11.5 Å². The van der Waals surface area contributed by atoms with E-state index in [9.17, 15) is 5.11 Å². The smallest absolute Gasteiger partial charge is 0.191 e. The number of nitrogens with zero attached hydrogens (tertiary/aromatic N) is 1. The van der Waals surface area contributed by atoms with Crippen LogP contribution in [0.3, 0.4) is 0 Å². The fraction of sp³-hybridized carbons (Fsp3) is 0.632. The van der Waals surface area contributed by atoms with Gasteiger partial charge in [-0.15, -0.1) is 24.0 Å². The topological polar surface area (TPSA) is 65.9 Å². The van der Waals surface area contributed by atoms with E-state index in [0.717, 1.165) is 29.7 Å². The molecule has 0 amide bonds. The molecule has 1 saturated carbocycles. The van der Waals surface area contributed by atoms with E-state index in [2.05, 4.69) is 29.5 Å². The Morgan fingerprint density at radius 1 is 1.32 bits per heavy atom. The molecule has 1 aliphatic rings. The standard InChI is InChI=1S/C19H31N3O2.HI/c1-14(2)11-19(8-5-9-19)13-22-18(20-3)21-12-15-10-16(24-4)6-7-17(15)23;/h6-7,10,14,23H,5,8-9,11-13H2,1-4H3,(H2,20,21,22);1H. The molecule has 25 heavy (non-hydrogen) atoms. The van der Waals surface area contributed by atoms with Crippen molar-refractivity contribution < 1.29 is 9.84 Å². The molecule has 0 aromatic heterocycles. The van der Waals surface area contributed by atoms with Gasteiger partial charge in [0.05, 0.1) is 7.11 Å². The normalized spacial score (nSPS) is 16.0. The number of nitrogens with one attached hydrogen (secondary N) is 2. The molecule has 1 aliphatic carbocycles. The first kappa shape index (κ1) is 21.9. The second-order valence-electron chi connectivity index (χ2n) is 7.23. The molecule has 0 radical (unpaired) electrons. The molecule has 0 bridgehead atoms. The van der Waals surface area contributed by atoms with Crippen molar-refractivity contribution in [3.05, 3.63) is 23.8 Å². The number of benzene rings is 1. The molecule has 2 rings (SSSR count). The number of ether oxygens (including phenoxy) is 1. The summed E-state index contributed by atoms with van der Waals surface area (Å²) < 4.78 is 5.21. The van der Waals surface area contributed by atoms with Gasteiger partial charge in [0.25, 0.3) is 0 Å². The highest BCUT2D eigenvalue weighted by Crippen LogP contribution is 2.45. The van der Waals surface area contributed by atoms with Crippen molar-refractivity contribution in [2.75, 3.05) is 20.7 Å². The van der Waals surface area contributed by atoms with E-state index >= 15 is 0 Å². The van der Waals surface area contributed by atoms with E-state index in [1.807, 2.05) is 6.07 Å². The lowest BCUT2D eigenvalue weighted by Crippen LogP contribution is -2.46. The van der Waals surface area contributed by atoms with Gasteiger partial charge >= 0.3 is 0 Å². The predicted molar refractivity (Wildman–Crippen MR) is 114 cm³/mol. The molecule has 6 heteroatoms. The van der Waals surface area contributed by atoms with Crippen LogP contribution in [0.5, 0.6) is 11.5 Å². The number of aromatic hydroxyl groups is 1.